The summed E-state index contributed by atoms with van der Waals surface area (Å²) in [4.78, 5) is 16.3. The molecule has 6 heteroatoms. The first kappa shape index (κ1) is 11.8. The van der Waals surface area contributed by atoms with Crippen molar-refractivity contribution in [1.29, 1.82) is 0 Å². The molecule has 1 aliphatic rings. The van der Waals surface area contributed by atoms with Crippen LogP contribution >= 0.6 is 0 Å². The molecule has 0 saturated carbocycles. The molecule has 2 rings (SSSR count). The van der Waals surface area contributed by atoms with Gasteiger partial charge in [-0.2, -0.15) is 0 Å². The van der Waals surface area contributed by atoms with Gasteiger partial charge in [0.1, 0.15) is 12.0 Å². The molecule has 2 heterocycles. The number of nitrogens with zero attached hydrogens (tertiary/aromatic N) is 3. The summed E-state index contributed by atoms with van der Waals surface area (Å²) in [6.45, 7) is 5.53. The predicted molar refractivity (Wildman–Crippen MR) is 63.1 cm³/mol. The van der Waals surface area contributed by atoms with E-state index in [0.29, 0.717) is 0 Å². The minimum atomic E-state index is -0.443. The first-order valence-corrected chi connectivity index (χ1v) is 5.57. The summed E-state index contributed by atoms with van der Waals surface area (Å²) < 4.78 is 5.62. The molecule has 0 amide bonds. The number of anilines is 1. The zero-order valence-electron chi connectivity index (χ0n) is 9.87. The fourth-order valence-corrected chi connectivity index (χ4v) is 2.04. The van der Waals surface area contributed by atoms with Crippen LogP contribution < -0.4 is 4.90 Å². The van der Waals surface area contributed by atoms with Crippen LogP contribution in [0, 0.1) is 10.1 Å². The van der Waals surface area contributed by atoms with Crippen LogP contribution in [0.15, 0.2) is 18.3 Å². The maximum Gasteiger partial charge on any atom is 0.287 e. The molecule has 1 unspecified atom stereocenters. The molecule has 1 saturated heterocycles. The second kappa shape index (κ2) is 4.67. The summed E-state index contributed by atoms with van der Waals surface area (Å²) in [7, 11) is 0. The third-order valence-electron chi connectivity index (χ3n) is 2.69. The van der Waals surface area contributed by atoms with E-state index in [1.54, 1.807) is 6.07 Å². The van der Waals surface area contributed by atoms with Crippen LogP contribution in [-0.4, -0.2) is 35.2 Å². The Kier molecular flexibility index (Phi) is 3.23. The van der Waals surface area contributed by atoms with E-state index in [1.807, 2.05) is 13.8 Å². The van der Waals surface area contributed by atoms with Gasteiger partial charge in [0.15, 0.2) is 0 Å². The molecule has 6 nitrogen and oxygen atoms in total. The summed E-state index contributed by atoms with van der Waals surface area (Å²) in [5.41, 5.74) is 0.0168. The van der Waals surface area contributed by atoms with Crippen LogP contribution in [0.3, 0.4) is 0 Å². The number of rotatable bonds is 2. The molecule has 0 aliphatic carbocycles. The number of hydrogen-bond donors (Lipinski definition) is 0. The summed E-state index contributed by atoms with van der Waals surface area (Å²) in [6, 6.07) is 3.16. The van der Waals surface area contributed by atoms with Crippen LogP contribution in [0.4, 0.5) is 11.5 Å². The lowest BCUT2D eigenvalue weighted by Gasteiger charge is -2.35. The molecule has 0 radical (unpaired) electrons. The van der Waals surface area contributed by atoms with E-state index in [2.05, 4.69) is 9.88 Å². The van der Waals surface area contributed by atoms with Gasteiger partial charge in [0, 0.05) is 19.2 Å². The van der Waals surface area contributed by atoms with E-state index in [0.717, 1.165) is 18.9 Å². The van der Waals surface area contributed by atoms with Gasteiger partial charge in [0.25, 0.3) is 5.69 Å². The summed E-state index contributed by atoms with van der Waals surface area (Å²) in [6.07, 6.45) is 1.59. The average Bonchev–Trinajstić information content (AvgIpc) is 2.28. The van der Waals surface area contributed by atoms with Gasteiger partial charge >= 0.3 is 0 Å². The van der Waals surface area contributed by atoms with Crippen LogP contribution in [0.5, 0.6) is 0 Å². The van der Waals surface area contributed by atoms with Crippen molar-refractivity contribution in [2.45, 2.75) is 26.1 Å². The zero-order valence-corrected chi connectivity index (χ0v) is 9.87. The van der Waals surface area contributed by atoms with Crippen molar-refractivity contribution in [2.75, 3.05) is 18.0 Å². The molecule has 0 N–H and O–H groups in total. The van der Waals surface area contributed by atoms with Gasteiger partial charge in [-0.05, 0) is 19.9 Å². The molecule has 1 fully saturated rings. The maximum absolute atomic E-state index is 10.5. The van der Waals surface area contributed by atoms with Gasteiger partial charge in [-0.3, -0.25) is 10.1 Å². The smallest absolute Gasteiger partial charge is 0.287 e. The highest BCUT2D eigenvalue weighted by Gasteiger charge is 2.23. The molecule has 1 aliphatic heterocycles. The maximum atomic E-state index is 10.5. The minimum absolute atomic E-state index is 0.0168. The third kappa shape index (κ3) is 2.71. The van der Waals surface area contributed by atoms with Gasteiger partial charge < -0.3 is 9.64 Å². The molecule has 0 aromatic carbocycles. The Morgan fingerprint density at radius 2 is 2.06 bits per heavy atom. The minimum Gasteiger partial charge on any atom is -0.372 e. The van der Waals surface area contributed by atoms with Crippen molar-refractivity contribution < 1.29 is 9.66 Å². The van der Waals surface area contributed by atoms with Gasteiger partial charge in [0.2, 0.25) is 0 Å². The van der Waals surface area contributed by atoms with Crippen LogP contribution in [0.1, 0.15) is 13.8 Å². The standard InChI is InChI=1S/C11H15N3O3/c1-8-6-13(7-9(2)17-8)11-4-3-10(5-12-11)14(15)16/h3-5,8-9H,6-7H2,1-2H3/t8-,9?/m1/s1. The van der Waals surface area contributed by atoms with Crippen molar-refractivity contribution in [3.05, 3.63) is 28.4 Å². The van der Waals surface area contributed by atoms with Crippen molar-refractivity contribution in [2.24, 2.45) is 0 Å². The largest absolute Gasteiger partial charge is 0.372 e. The SMILES string of the molecule is CC1CN(c2ccc([N+](=O)[O-])cn2)C[C@@H](C)O1. The lowest BCUT2D eigenvalue weighted by Crippen LogP contribution is -2.45. The Morgan fingerprint density at radius 3 is 2.53 bits per heavy atom. The Morgan fingerprint density at radius 1 is 1.41 bits per heavy atom. The molecule has 1 aromatic rings. The number of hydrogen-bond acceptors (Lipinski definition) is 5. The molecule has 92 valence electrons. The van der Waals surface area contributed by atoms with E-state index < -0.39 is 4.92 Å². The van der Waals surface area contributed by atoms with E-state index in [4.69, 9.17) is 4.74 Å². The van der Waals surface area contributed by atoms with Gasteiger partial charge in [-0.1, -0.05) is 0 Å². The Labute approximate surface area is 99.4 Å². The lowest BCUT2D eigenvalue weighted by molar-refractivity contribution is -0.385. The highest BCUT2D eigenvalue weighted by molar-refractivity contribution is 5.43. The number of aromatic nitrogens is 1. The Bertz CT molecular complexity index is 397. The first-order valence-electron chi connectivity index (χ1n) is 5.57. The number of pyridine rings is 1. The highest BCUT2D eigenvalue weighted by atomic mass is 16.6. The van der Waals surface area contributed by atoms with Crippen molar-refractivity contribution in [3.8, 4) is 0 Å². The van der Waals surface area contributed by atoms with E-state index in [1.165, 1.54) is 12.3 Å². The van der Waals surface area contributed by atoms with Gasteiger partial charge in [-0.25, -0.2) is 4.98 Å². The van der Waals surface area contributed by atoms with E-state index >= 15 is 0 Å². The number of morpholine rings is 1. The van der Waals surface area contributed by atoms with Crippen molar-refractivity contribution in [1.82, 2.24) is 4.98 Å². The highest BCUT2D eigenvalue weighted by Crippen LogP contribution is 2.20. The van der Waals surface area contributed by atoms with Crippen LogP contribution in [0.25, 0.3) is 0 Å². The van der Waals surface area contributed by atoms with Crippen molar-refractivity contribution >= 4 is 11.5 Å². The average molecular weight is 237 g/mol. The fraction of sp³-hybridized carbons (Fsp3) is 0.545. The van der Waals surface area contributed by atoms with Gasteiger partial charge in [-0.15, -0.1) is 0 Å². The molecule has 0 spiro atoms. The fourth-order valence-electron chi connectivity index (χ4n) is 2.04. The van der Waals surface area contributed by atoms with E-state index in [9.17, 15) is 10.1 Å². The Hall–Kier alpha value is -1.69. The second-order valence-electron chi connectivity index (χ2n) is 4.29. The molecule has 17 heavy (non-hydrogen) atoms. The normalized spacial score (nSPS) is 24.7. The van der Waals surface area contributed by atoms with E-state index in [-0.39, 0.29) is 17.9 Å². The predicted octanol–water partition coefficient (Wildman–Crippen LogP) is 1.60. The lowest BCUT2D eigenvalue weighted by atomic mass is 10.2. The topological polar surface area (TPSA) is 68.5 Å². The summed E-state index contributed by atoms with van der Waals surface area (Å²) in [5, 5.41) is 10.5. The molecular weight excluding hydrogens is 222 g/mol. The molecule has 1 aromatic heterocycles. The molecular formula is C11H15N3O3. The third-order valence-corrected chi connectivity index (χ3v) is 2.69. The van der Waals surface area contributed by atoms with Crippen LogP contribution in [-0.2, 0) is 4.74 Å². The molecule has 0 bridgehead atoms. The number of nitro groups is 1. The monoisotopic (exact) mass is 237 g/mol. The van der Waals surface area contributed by atoms with Crippen LogP contribution in [0.2, 0.25) is 0 Å². The second-order valence-corrected chi connectivity index (χ2v) is 4.29. The quantitative estimate of drug-likeness (QED) is 0.577. The van der Waals surface area contributed by atoms with Gasteiger partial charge in [0.05, 0.1) is 17.1 Å². The summed E-state index contributed by atoms with van der Waals surface area (Å²) in [5.74, 6) is 0.762. The molecule has 2 atom stereocenters. The Balaban J connectivity index is 2.14. The van der Waals surface area contributed by atoms with Crippen molar-refractivity contribution in [3.63, 3.8) is 0 Å². The zero-order chi connectivity index (χ0) is 12.4. The number of ether oxygens (including phenoxy) is 1. The first-order chi connectivity index (χ1) is 8.06. The summed E-state index contributed by atoms with van der Waals surface area (Å²) >= 11 is 0.